The molecule has 11 heteroatoms. The number of benzene rings is 3. The van der Waals surface area contributed by atoms with E-state index in [2.05, 4.69) is 30.6 Å². The molecule has 5 aromatic rings. The minimum absolute atomic E-state index is 0.00424. The van der Waals surface area contributed by atoms with Crippen LogP contribution in [0.25, 0.3) is 16.7 Å². The van der Waals surface area contributed by atoms with E-state index in [0.717, 1.165) is 0 Å². The Bertz CT molecular complexity index is 1680. The number of anilines is 1. The summed E-state index contributed by atoms with van der Waals surface area (Å²) in [5.74, 6) is -0.101. The summed E-state index contributed by atoms with van der Waals surface area (Å²) in [7, 11) is 1.53. The Balaban J connectivity index is 1.63. The summed E-state index contributed by atoms with van der Waals surface area (Å²) in [5, 5.41) is 37.0. The Morgan fingerprint density at radius 1 is 1.08 bits per heavy atom. The van der Waals surface area contributed by atoms with Crippen molar-refractivity contribution in [3.8, 4) is 23.5 Å². The van der Waals surface area contributed by atoms with Crippen LogP contribution in [-0.4, -0.2) is 37.9 Å². The van der Waals surface area contributed by atoms with Crippen molar-refractivity contribution in [2.75, 3.05) is 12.4 Å². The van der Waals surface area contributed by atoms with Crippen LogP contribution in [-0.2, 0) is 0 Å². The maximum Gasteiger partial charge on any atom is 0.260 e. The third kappa shape index (κ3) is 4.54. The molecular weight excluding hydrogens is 472 g/mol. The minimum Gasteiger partial charge on any atom is -0.505 e. The highest BCUT2D eigenvalue weighted by Gasteiger charge is 2.21. The molecule has 0 spiro atoms. The molecule has 0 aliphatic rings. The number of fused-ring (bicyclic) bond motifs is 1. The summed E-state index contributed by atoms with van der Waals surface area (Å²) in [6.45, 7) is 0. The highest BCUT2D eigenvalue weighted by atomic mass is 16.5. The van der Waals surface area contributed by atoms with Crippen molar-refractivity contribution in [2.24, 2.45) is 10.2 Å². The van der Waals surface area contributed by atoms with Gasteiger partial charge in [0.05, 0.1) is 18.9 Å². The van der Waals surface area contributed by atoms with Gasteiger partial charge in [0.25, 0.3) is 11.9 Å². The molecule has 180 valence electrons. The first-order valence-corrected chi connectivity index (χ1v) is 11.0. The van der Waals surface area contributed by atoms with Gasteiger partial charge in [0, 0.05) is 18.1 Å². The monoisotopic (exact) mass is 490 g/mol. The van der Waals surface area contributed by atoms with E-state index in [0.29, 0.717) is 22.2 Å². The van der Waals surface area contributed by atoms with Gasteiger partial charge in [-0.1, -0.05) is 18.2 Å². The average molecular weight is 490 g/mol. The molecule has 2 aromatic heterocycles. The van der Waals surface area contributed by atoms with Gasteiger partial charge >= 0.3 is 0 Å². The number of rotatable bonds is 6. The second-order valence-corrected chi connectivity index (χ2v) is 7.68. The second kappa shape index (κ2) is 9.93. The SMILES string of the molecule is COc1ccc2c(C(=O)Nc3ccccc3)c(O)c(N=Nc3c(C#N)cnn3-c3ncccn3)cc2c1. The number of aromatic nitrogens is 4. The number of hydrogen-bond donors (Lipinski definition) is 2. The van der Waals surface area contributed by atoms with E-state index in [1.807, 2.05) is 12.1 Å². The molecule has 0 bridgehead atoms. The maximum atomic E-state index is 13.3. The number of methoxy groups -OCH3 is 1. The van der Waals surface area contributed by atoms with Gasteiger partial charge in [0.1, 0.15) is 23.1 Å². The van der Waals surface area contributed by atoms with E-state index >= 15 is 0 Å². The predicted molar refractivity (Wildman–Crippen MR) is 135 cm³/mol. The molecule has 0 unspecified atom stereocenters. The van der Waals surface area contributed by atoms with Gasteiger partial charge < -0.3 is 15.2 Å². The number of nitrogens with one attached hydrogen (secondary N) is 1. The molecule has 0 aliphatic heterocycles. The number of para-hydroxylation sites is 1. The van der Waals surface area contributed by atoms with Crippen LogP contribution in [0.4, 0.5) is 17.2 Å². The summed E-state index contributed by atoms with van der Waals surface area (Å²) >= 11 is 0. The number of ether oxygens (including phenoxy) is 1. The Kier molecular flexibility index (Phi) is 6.21. The first-order chi connectivity index (χ1) is 18.1. The zero-order valence-electron chi connectivity index (χ0n) is 19.4. The topological polar surface area (TPSA) is 151 Å². The van der Waals surface area contributed by atoms with Crippen molar-refractivity contribution in [2.45, 2.75) is 0 Å². The summed E-state index contributed by atoms with van der Waals surface area (Å²) in [6, 6.07) is 19.2. The summed E-state index contributed by atoms with van der Waals surface area (Å²) in [5.41, 5.74) is 0.703. The van der Waals surface area contributed by atoms with E-state index in [9.17, 15) is 15.2 Å². The van der Waals surface area contributed by atoms with E-state index < -0.39 is 5.91 Å². The number of carbonyl (C=O) groups excluding carboxylic acids is 1. The van der Waals surface area contributed by atoms with Crippen molar-refractivity contribution in [1.29, 1.82) is 5.26 Å². The molecule has 11 nitrogen and oxygen atoms in total. The first-order valence-electron chi connectivity index (χ1n) is 11.0. The molecule has 2 heterocycles. The third-order valence-electron chi connectivity index (χ3n) is 5.42. The summed E-state index contributed by atoms with van der Waals surface area (Å²) < 4.78 is 6.58. The molecule has 0 atom stereocenters. The van der Waals surface area contributed by atoms with Crippen LogP contribution in [0.5, 0.6) is 11.5 Å². The van der Waals surface area contributed by atoms with Crippen molar-refractivity contribution in [3.05, 3.63) is 90.4 Å². The lowest BCUT2D eigenvalue weighted by atomic mass is 10.0. The Labute approximate surface area is 210 Å². The molecule has 1 amide bonds. The Hall–Kier alpha value is -5.63. The fraction of sp³-hybridized carbons (Fsp3) is 0.0385. The van der Waals surface area contributed by atoms with Crippen LogP contribution in [0, 0.1) is 11.3 Å². The number of carbonyl (C=O) groups is 1. The highest BCUT2D eigenvalue weighted by molar-refractivity contribution is 6.16. The Morgan fingerprint density at radius 2 is 1.86 bits per heavy atom. The van der Waals surface area contributed by atoms with Crippen LogP contribution in [0.1, 0.15) is 15.9 Å². The van der Waals surface area contributed by atoms with Gasteiger partial charge in [-0.2, -0.15) is 15.0 Å². The smallest absolute Gasteiger partial charge is 0.260 e. The largest absolute Gasteiger partial charge is 0.505 e. The Morgan fingerprint density at radius 3 is 2.59 bits per heavy atom. The van der Waals surface area contributed by atoms with Crippen molar-refractivity contribution in [1.82, 2.24) is 19.7 Å². The molecule has 2 N–H and O–H groups in total. The maximum absolute atomic E-state index is 13.3. The number of nitriles is 1. The molecule has 5 rings (SSSR count). The second-order valence-electron chi connectivity index (χ2n) is 7.68. The van der Waals surface area contributed by atoms with Crippen molar-refractivity contribution >= 4 is 33.9 Å². The molecule has 0 saturated carbocycles. The predicted octanol–water partition coefficient (Wildman–Crippen LogP) is 5.07. The standard InChI is InChI=1S/C26H18N8O3/c1-37-19-8-9-20-16(12-19)13-21(23(35)22(20)25(36)31-18-6-3-2-4-7-18)32-33-24-17(14-27)15-30-34(24)26-28-10-5-11-29-26/h2-13,15,35H,1H3,(H,31,36). The number of aromatic hydroxyl groups is 1. The van der Waals surface area contributed by atoms with E-state index in [1.165, 1.54) is 30.4 Å². The van der Waals surface area contributed by atoms with Gasteiger partial charge in [0.2, 0.25) is 0 Å². The number of nitrogens with zero attached hydrogens (tertiary/aromatic N) is 7. The van der Waals surface area contributed by atoms with Crippen LogP contribution in [0.2, 0.25) is 0 Å². The third-order valence-corrected chi connectivity index (χ3v) is 5.42. The number of amides is 1. The molecular formula is C26H18N8O3. The van der Waals surface area contributed by atoms with Crippen LogP contribution in [0.15, 0.2) is 89.5 Å². The molecule has 0 radical (unpaired) electrons. The summed E-state index contributed by atoms with van der Waals surface area (Å²) in [4.78, 5) is 21.5. The highest BCUT2D eigenvalue weighted by Crippen LogP contribution is 2.39. The lowest BCUT2D eigenvalue weighted by Crippen LogP contribution is -2.12. The van der Waals surface area contributed by atoms with Crippen LogP contribution < -0.4 is 10.1 Å². The molecule has 0 fully saturated rings. The quantitative estimate of drug-likeness (QED) is 0.315. The van der Waals surface area contributed by atoms with E-state index in [-0.39, 0.29) is 34.3 Å². The molecule has 3 aromatic carbocycles. The lowest BCUT2D eigenvalue weighted by Gasteiger charge is -2.13. The lowest BCUT2D eigenvalue weighted by molar-refractivity contribution is 0.102. The fourth-order valence-electron chi connectivity index (χ4n) is 3.67. The fourth-order valence-corrected chi connectivity index (χ4v) is 3.67. The van der Waals surface area contributed by atoms with E-state index in [4.69, 9.17) is 4.74 Å². The number of azo groups is 1. The average Bonchev–Trinajstić information content (AvgIpc) is 3.35. The van der Waals surface area contributed by atoms with Crippen LogP contribution >= 0.6 is 0 Å². The number of phenols is 1. The van der Waals surface area contributed by atoms with Gasteiger partial charge in [-0.15, -0.1) is 10.2 Å². The van der Waals surface area contributed by atoms with Gasteiger partial charge in [0.15, 0.2) is 11.6 Å². The normalized spacial score (nSPS) is 10.9. The molecule has 0 saturated heterocycles. The number of hydrogen-bond acceptors (Lipinski definition) is 9. The number of phenolic OH excluding ortho intramolecular Hbond substituents is 1. The minimum atomic E-state index is -0.531. The summed E-state index contributed by atoms with van der Waals surface area (Å²) in [6.07, 6.45) is 4.36. The zero-order chi connectivity index (χ0) is 25.8. The van der Waals surface area contributed by atoms with Gasteiger partial charge in [-0.3, -0.25) is 4.79 Å². The van der Waals surface area contributed by atoms with Crippen molar-refractivity contribution in [3.63, 3.8) is 0 Å². The van der Waals surface area contributed by atoms with E-state index in [1.54, 1.807) is 54.6 Å². The first kappa shape index (κ1) is 23.1. The molecule has 37 heavy (non-hydrogen) atoms. The van der Waals surface area contributed by atoms with Crippen LogP contribution in [0.3, 0.4) is 0 Å². The molecule has 0 aliphatic carbocycles. The van der Waals surface area contributed by atoms with Gasteiger partial charge in [-0.05, 0) is 53.2 Å². The van der Waals surface area contributed by atoms with Crippen molar-refractivity contribution < 1.29 is 14.6 Å². The van der Waals surface area contributed by atoms with Gasteiger partial charge in [-0.25, -0.2) is 9.97 Å². The zero-order valence-corrected chi connectivity index (χ0v) is 19.4.